The van der Waals surface area contributed by atoms with Crippen LogP contribution in [0.2, 0.25) is 15.1 Å². The van der Waals surface area contributed by atoms with Gasteiger partial charge in [-0.05, 0) is 36.4 Å². The number of ether oxygens (including phenoxy) is 1. The molecule has 138 valence electrons. The van der Waals surface area contributed by atoms with E-state index in [1.165, 1.54) is 30.3 Å². The number of rotatable bonds is 5. The van der Waals surface area contributed by atoms with E-state index < -0.39 is 28.3 Å². The van der Waals surface area contributed by atoms with Crippen molar-refractivity contribution < 1.29 is 22.7 Å². The van der Waals surface area contributed by atoms with Crippen LogP contribution >= 0.6 is 34.8 Å². The van der Waals surface area contributed by atoms with Crippen molar-refractivity contribution in [3.05, 3.63) is 57.0 Å². The lowest BCUT2D eigenvalue weighted by atomic mass is 10.2. The van der Waals surface area contributed by atoms with Gasteiger partial charge in [0.25, 0.3) is 5.91 Å². The van der Waals surface area contributed by atoms with Crippen LogP contribution in [0.15, 0.2) is 41.3 Å². The van der Waals surface area contributed by atoms with Crippen LogP contribution in [0, 0.1) is 0 Å². The molecule has 0 atom stereocenters. The lowest BCUT2D eigenvalue weighted by Crippen LogP contribution is -2.21. The molecule has 26 heavy (non-hydrogen) atoms. The first kappa shape index (κ1) is 20.5. The molecule has 0 aliphatic carbocycles. The van der Waals surface area contributed by atoms with E-state index in [0.29, 0.717) is 10.7 Å². The third kappa shape index (κ3) is 5.35. The Kier molecular flexibility index (Phi) is 6.52. The number of anilines is 1. The van der Waals surface area contributed by atoms with Crippen LogP contribution in [-0.4, -0.2) is 33.2 Å². The fourth-order valence-electron chi connectivity index (χ4n) is 1.87. The quantitative estimate of drug-likeness (QED) is 0.719. The van der Waals surface area contributed by atoms with Gasteiger partial charge in [-0.3, -0.25) is 4.79 Å². The minimum atomic E-state index is -3.52. The maximum Gasteiger partial charge on any atom is 0.340 e. The van der Waals surface area contributed by atoms with Crippen molar-refractivity contribution in [2.45, 2.75) is 4.90 Å². The molecule has 0 aliphatic rings. The number of esters is 1. The highest BCUT2D eigenvalue weighted by atomic mass is 35.5. The predicted octanol–water partition coefficient (Wildman–Crippen LogP) is 3.85. The number of sulfone groups is 1. The Hall–Kier alpha value is -1.80. The molecule has 0 aliphatic heterocycles. The topological polar surface area (TPSA) is 89.5 Å². The van der Waals surface area contributed by atoms with Crippen molar-refractivity contribution in [3.63, 3.8) is 0 Å². The van der Waals surface area contributed by atoms with E-state index in [-0.39, 0.29) is 20.5 Å². The van der Waals surface area contributed by atoms with Crippen LogP contribution < -0.4 is 5.32 Å². The van der Waals surface area contributed by atoms with Crippen molar-refractivity contribution >= 4 is 62.2 Å². The molecule has 0 heterocycles. The summed E-state index contributed by atoms with van der Waals surface area (Å²) in [5.74, 6) is -1.54. The van der Waals surface area contributed by atoms with Gasteiger partial charge in [0.1, 0.15) is 0 Å². The summed E-state index contributed by atoms with van der Waals surface area (Å²) in [6.45, 7) is -0.599. The van der Waals surface area contributed by atoms with Crippen molar-refractivity contribution in [3.8, 4) is 0 Å². The van der Waals surface area contributed by atoms with Crippen LogP contribution in [0.4, 0.5) is 5.69 Å². The number of benzene rings is 2. The van der Waals surface area contributed by atoms with E-state index in [4.69, 9.17) is 39.5 Å². The molecule has 2 aromatic rings. The van der Waals surface area contributed by atoms with E-state index in [1.54, 1.807) is 0 Å². The maximum atomic E-state index is 12.1. The van der Waals surface area contributed by atoms with Crippen molar-refractivity contribution in [2.75, 3.05) is 18.2 Å². The summed E-state index contributed by atoms with van der Waals surface area (Å²) in [5, 5.41) is 3.07. The third-order valence-corrected chi connectivity index (χ3v) is 5.30. The number of nitrogens with one attached hydrogen (secondary N) is 1. The molecule has 0 saturated carbocycles. The van der Waals surface area contributed by atoms with E-state index in [9.17, 15) is 18.0 Å². The Morgan fingerprint density at radius 1 is 1.00 bits per heavy atom. The van der Waals surface area contributed by atoms with Crippen molar-refractivity contribution in [2.24, 2.45) is 0 Å². The molecule has 0 bridgehead atoms. The summed E-state index contributed by atoms with van der Waals surface area (Å²) in [6.07, 6.45) is 0.996. The summed E-state index contributed by atoms with van der Waals surface area (Å²) in [5.41, 5.74) is 0.217. The molecule has 0 fully saturated rings. The first-order valence-corrected chi connectivity index (χ1v) is 10.0. The highest BCUT2D eigenvalue weighted by Gasteiger charge is 2.18. The number of carbonyl (C=O) groups is 2. The highest BCUT2D eigenvalue weighted by Crippen LogP contribution is 2.25. The number of halogens is 3. The molecule has 0 unspecified atom stereocenters. The first-order valence-electron chi connectivity index (χ1n) is 6.99. The van der Waals surface area contributed by atoms with E-state index in [1.807, 2.05) is 0 Å². The summed E-state index contributed by atoms with van der Waals surface area (Å²) in [6, 6.07) is 8.10. The van der Waals surface area contributed by atoms with Crippen LogP contribution in [-0.2, 0) is 19.4 Å². The van der Waals surface area contributed by atoms with Crippen molar-refractivity contribution in [1.82, 2.24) is 0 Å². The van der Waals surface area contributed by atoms with Gasteiger partial charge in [0.05, 0.1) is 25.5 Å². The second-order valence-electron chi connectivity index (χ2n) is 5.17. The predicted molar refractivity (Wildman–Crippen MR) is 99.9 cm³/mol. The van der Waals surface area contributed by atoms with Crippen LogP contribution in [0.25, 0.3) is 0 Å². The molecule has 0 spiro atoms. The number of hydrogen-bond donors (Lipinski definition) is 1. The van der Waals surface area contributed by atoms with Gasteiger partial charge < -0.3 is 10.1 Å². The second kappa shape index (κ2) is 8.26. The normalized spacial score (nSPS) is 11.1. The van der Waals surface area contributed by atoms with E-state index in [0.717, 1.165) is 12.3 Å². The van der Waals surface area contributed by atoms with Crippen LogP contribution in [0.1, 0.15) is 10.4 Å². The number of amides is 1. The number of hydrogen-bond acceptors (Lipinski definition) is 5. The molecule has 6 nitrogen and oxygen atoms in total. The molecular weight excluding hydrogens is 425 g/mol. The molecule has 2 aromatic carbocycles. The van der Waals surface area contributed by atoms with Gasteiger partial charge in [-0.15, -0.1) is 0 Å². The zero-order valence-corrected chi connectivity index (χ0v) is 16.3. The molecule has 0 radical (unpaired) electrons. The largest absolute Gasteiger partial charge is 0.452 e. The average molecular weight is 437 g/mol. The SMILES string of the molecule is CS(=O)(=O)c1ccc(Cl)c(C(=O)OCC(=O)Nc2ccc(Cl)c(Cl)c2)c1. The Balaban J connectivity index is 2.04. The maximum absolute atomic E-state index is 12.1. The Morgan fingerprint density at radius 2 is 1.65 bits per heavy atom. The van der Waals surface area contributed by atoms with Crippen LogP contribution in [0.3, 0.4) is 0 Å². The Morgan fingerprint density at radius 3 is 2.27 bits per heavy atom. The molecule has 0 saturated heterocycles. The molecule has 1 N–H and O–H groups in total. The fourth-order valence-corrected chi connectivity index (χ4v) is 3.01. The molecule has 1 amide bonds. The van der Waals surface area contributed by atoms with Crippen molar-refractivity contribution in [1.29, 1.82) is 0 Å². The molecule has 10 heteroatoms. The van der Waals surface area contributed by atoms with Gasteiger partial charge in [0.15, 0.2) is 16.4 Å². The van der Waals surface area contributed by atoms with Gasteiger partial charge in [-0.1, -0.05) is 34.8 Å². The summed E-state index contributed by atoms with van der Waals surface area (Å²) >= 11 is 17.5. The van der Waals surface area contributed by atoms with E-state index in [2.05, 4.69) is 5.32 Å². The van der Waals surface area contributed by atoms with Gasteiger partial charge >= 0.3 is 5.97 Å². The standard InChI is InChI=1S/C16H12Cl3NO5S/c1-26(23,24)10-3-5-12(17)11(7-10)16(22)25-8-15(21)20-9-2-4-13(18)14(19)6-9/h2-7H,8H2,1H3,(H,20,21). The van der Waals surface area contributed by atoms with Gasteiger partial charge in [0.2, 0.25) is 0 Å². The number of carbonyl (C=O) groups excluding carboxylic acids is 2. The zero-order valence-electron chi connectivity index (χ0n) is 13.3. The summed E-state index contributed by atoms with van der Waals surface area (Å²) < 4.78 is 28.0. The lowest BCUT2D eigenvalue weighted by Gasteiger charge is -2.09. The molecular formula is C16H12Cl3NO5S. The summed E-state index contributed by atoms with van der Waals surface area (Å²) in [7, 11) is -3.52. The average Bonchev–Trinajstić information content (AvgIpc) is 2.55. The monoisotopic (exact) mass is 435 g/mol. The molecule has 2 rings (SSSR count). The smallest absolute Gasteiger partial charge is 0.340 e. The van der Waals surface area contributed by atoms with Crippen LogP contribution in [0.5, 0.6) is 0 Å². The lowest BCUT2D eigenvalue weighted by molar-refractivity contribution is -0.119. The Bertz CT molecular complexity index is 976. The minimum Gasteiger partial charge on any atom is -0.452 e. The van der Waals surface area contributed by atoms with E-state index >= 15 is 0 Å². The highest BCUT2D eigenvalue weighted by molar-refractivity contribution is 7.90. The van der Waals surface area contributed by atoms with Gasteiger partial charge in [-0.2, -0.15) is 0 Å². The Labute approximate surface area is 164 Å². The summed E-state index contributed by atoms with van der Waals surface area (Å²) in [4.78, 5) is 23.9. The fraction of sp³-hybridized carbons (Fsp3) is 0.125. The van der Waals surface area contributed by atoms with Gasteiger partial charge in [-0.25, -0.2) is 13.2 Å². The zero-order chi connectivity index (χ0) is 19.5. The minimum absolute atomic E-state index is 0.00675. The molecule has 0 aromatic heterocycles. The second-order valence-corrected chi connectivity index (χ2v) is 8.40. The first-order chi connectivity index (χ1) is 12.1. The van der Waals surface area contributed by atoms with Gasteiger partial charge in [0, 0.05) is 11.9 Å². The third-order valence-electron chi connectivity index (χ3n) is 3.12.